The fraction of sp³-hybridized carbons (Fsp3) is 0.294. The molecule has 1 aromatic carbocycles. The lowest BCUT2D eigenvalue weighted by molar-refractivity contribution is 0.102. The molecule has 0 atom stereocenters. The molecule has 5 heteroatoms. The number of pyridine rings is 1. The van der Waals surface area contributed by atoms with E-state index >= 15 is 0 Å². The number of carbonyl (C=O) groups excluding carboxylic acids is 1. The van der Waals surface area contributed by atoms with E-state index < -0.39 is 0 Å². The van der Waals surface area contributed by atoms with E-state index in [9.17, 15) is 4.79 Å². The highest BCUT2D eigenvalue weighted by Gasteiger charge is 2.13. The molecular weight excluding hydrogens is 298 g/mol. The molecule has 2 aromatic rings. The molecule has 0 aliphatic rings. The number of benzene rings is 1. The molecule has 1 heterocycles. The highest BCUT2D eigenvalue weighted by Crippen LogP contribution is 2.23. The third kappa shape index (κ3) is 3.57. The van der Waals surface area contributed by atoms with Gasteiger partial charge in [-0.3, -0.25) is 4.79 Å². The van der Waals surface area contributed by atoms with Gasteiger partial charge in [-0.1, -0.05) is 36.7 Å². The van der Waals surface area contributed by atoms with Crippen LogP contribution in [0.1, 0.15) is 28.4 Å². The molecule has 2 rings (SSSR count). The number of nitrogens with zero attached hydrogens (tertiary/aromatic N) is 2. The minimum absolute atomic E-state index is 0.184. The van der Waals surface area contributed by atoms with Crippen LogP contribution in [-0.2, 0) is 6.42 Å². The maximum absolute atomic E-state index is 12.5. The Balaban J connectivity index is 2.34. The molecular formula is C17H20ClN3O. The molecule has 0 aliphatic heterocycles. The van der Waals surface area contributed by atoms with Crippen LogP contribution in [0.3, 0.4) is 0 Å². The molecule has 1 amide bonds. The van der Waals surface area contributed by atoms with Crippen molar-refractivity contribution in [1.29, 1.82) is 0 Å². The average Bonchev–Trinajstić information content (AvgIpc) is 2.48. The van der Waals surface area contributed by atoms with Crippen molar-refractivity contribution >= 4 is 29.0 Å². The standard InChI is InChI=1S/C17H20ClN3O/c1-5-12-8-6-7-11(2)16(12)20-17(22)13-9-14(18)19-15(10-13)21(3)4/h6-10H,5H2,1-4H3,(H,20,22). The SMILES string of the molecule is CCc1cccc(C)c1NC(=O)c1cc(Cl)nc(N(C)C)c1. The number of amides is 1. The summed E-state index contributed by atoms with van der Waals surface area (Å²) in [5, 5.41) is 3.30. The molecule has 1 aromatic heterocycles. The first kappa shape index (κ1) is 16.3. The number of nitrogens with one attached hydrogen (secondary N) is 1. The second kappa shape index (κ2) is 6.79. The zero-order valence-electron chi connectivity index (χ0n) is 13.3. The summed E-state index contributed by atoms with van der Waals surface area (Å²) in [5.41, 5.74) is 3.52. The number of para-hydroxylation sites is 1. The van der Waals surface area contributed by atoms with Crippen molar-refractivity contribution in [1.82, 2.24) is 4.98 Å². The number of halogens is 1. The van der Waals surface area contributed by atoms with Gasteiger partial charge in [0.25, 0.3) is 5.91 Å². The van der Waals surface area contributed by atoms with Crippen LogP contribution in [0.5, 0.6) is 0 Å². The van der Waals surface area contributed by atoms with Gasteiger partial charge in [-0.05, 0) is 36.6 Å². The van der Waals surface area contributed by atoms with Gasteiger partial charge >= 0.3 is 0 Å². The summed E-state index contributed by atoms with van der Waals surface area (Å²) in [6.45, 7) is 4.05. The van der Waals surface area contributed by atoms with E-state index in [4.69, 9.17) is 11.6 Å². The van der Waals surface area contributed by atoms with Gasteiger partial charge in [-0.2, -0.15) is 0 Å². The molecule has 0 bridgehead atoms. The van der Waals surface area contributed by atoms with Crippen molar-refractivity contribution in [3.8, 4) is 0 Å². The van der Waals surface area contributed by atoms with Crippen LogP contribution in [0.4, 0.5) is 11.5 Å². The fourth-order valence-electron chi connectivity index (χ4n) is 2.23. The Bertz CT molecular complexity index is 698. The maximum Gasteiger partial charge on any atom is 0.255 e. The number of aromatic nitrogens is 1. The molecule has 22 heavy (non-hydrogen) atoms. The van der Waals surface area contributed by atoms with Crippen LogP contribution in [0, 0.1) is 6.92 Å². The number of rotatable bonds is 4. The Morgan fingerprint density at radius 3 is 2.68 bits per heavy atom. The van der Waals surface area contributed by atoms with Gasteiger partial charge in [0, 0.05) is 25.3 Å². The van der Waals surface area contributed by atoms with Gasteiger partial charge in [-0.25, -0.2) is 4.98 Å². The van der Waals surface area contributed by atoms with E-state index in [1.54, 1.807) is 12.1 Å². The maximum atomic E-state index is 12.5. The molecule has 0 spiro atoms. The van der Waals surface area contributed by atoms with Crippen molar-refractivity contribution in [3.63, 3.8) is 0 Å². The van der Waals surface area contributed by atoms with E-state index in [-0.39, 0.29) is 5.91 Å². The average molecular weight is 318 g/mol. The Labute approximate surface area is 136 Å². The van der Waals surface area contributed by atoms with Crippen molar-refractivity contribution in [3.05, 3.63) is 52.2 Å². The van der Waals surface area contributed by atoms with E-state index in [0.717, 1.165) is 23.2 Å². The molecule has 4 nitrogen and oxygen atoms in total. The molecule has 1 N–H and O–H groups in total. The van der Waals surface area contributed by atoms with E-state index in [1.165, 1.54) is 0 Å². The topological polar surface area (TPSA) is 45.2 Å². The first-order valence-electron chi connectivity index (χ1n) is 7.17. The zero-order valence-corrected chi connectivity index (χ0v) is 14.0. The van der Waals surface area contributed by atoms with Gasteiger partial charge in [0.15, 0.2) is 0 Å². The lowest BCUT2D eigenvalue weighted by Gasteiger charge is -2.15. The third-order valence-electron chi connectivity index (χ3n) is 3.48. The summed E-state index contributed by atoms with van der Waals surface area (Å²) in [6, 6.07) is 9.31. The van der Waals surface area contributed by atoms with E-state index in [1.807, 2.05) is 44.1 Å². The van der Waals surface area contributed by atoms with Gasteiger partial charge in [0.2, 0.25) is 0 Å². The zero-order chi connectivity index (χ0) is 16.3. The number of hydrogen-bond acceptors (Lipinski definition) is 3. The lowest BCUT2D eigenvalue weighted by Crippen LogP contribution is -2.17. The van der Waals surface area contributed by atoms with Gasteiger partial charge in [0.1, 0.15) is 11.0 Å². The van der Waals surface area contributed by atoms with Gasteiger partial charge < -0.3 is 10.2 Å². The monoisotopic (exact) mass is 317 g/mol. The largest absolute Gasteiger partial charge is 0.363 e. The molecule has 0 aliphatic carbocycles. The normalized spacial score (nSPS) is 10.4. The first-order chi connectivity index (χ1) is 10.4. The minimum Gasteiger partial charge on any atom is -0.363 e. The smallest absolute Gasteiger partial charge is 0.255 e. The molecule has 116 valence electrons. The van der Waals surface area contributed by atoms with Crippen molar-refractivity contribution in [2.24, 2.45) is 0 Å². The number of anilines is 2. The Morgan fingerprint density at radius 2 is 2.05 bits per heavy atom. The van der Waals surface area contributed by atoms with Crippen molar-refractivity contribution in [2.75, 3.05) is 24.3 Å². The van der Waals surface area contributed by atoms with Crippen LogP contribution in [0.25, 0.3) is 0 Å². The van der Waals surface area contributed by atoms with Crippen molar-refractivity contribution in [2.45, 2.75) is 20.3 Å². The summed E-state index contributed by atoms with van der Waals surface area (Å²) in [5.74, 6) is 0.467. The minimum atomic E-state index is -0.184. The second-order valence-electron chi connectivity index (χ2n) is 5.35. The van der Waals surface area contributed by atoms with Crippen LogP contribution < -0.4 is 10.2 Å². The summed E-state index contributed by atoms with van der Waals surface area (Å²) < 4.78 is 0. The first-order valence-corrected chi connectivity index (χ1v) is 7.55. The molecule has 0 fully saturated rings. The Kier molecular flexibility index (Phi) is 5.03. The summed E-state index contributed by atoms with van der Waals surface area (Å²) in [7, 11) is 3.72. The predicted octanol–water partition coefficient (Wildman–Crippen LogP) is 3.92. The van der Waals surface area contributed by atoms with Gasteiger partial charge in [0.05, 0.1) is 0 Å². The van der Waals surface area contributed by atoms with Crippen LogP contribution in [-0.4, -0.2) is 25.0 Å². The highest BCUT2D eigenvalue weighted by molar-refractivity contribution is 6.30. The number of carbonyl (C=O) groups is 1. The number of hydrogen-bond donors (Lipinski definition) is 1. The lowest BCUT2D eigenvalue weighted by atomic mass is 10.1. The molecule has 0 unspecified atom stereocenters. The van der Waals surface area contributed by atoms with Crippen molar-refractivity contribution < 1.29 is 4.79 Å². The summed E-state index contributed by atoms with van der Waals surface area (Å²) in [4.78, 5) is 18.5. The predicted molar refractivity (Wildman–Crippen MR) is 92.1 cm³/mol. The van der Waals surface area contributed by atoms with Gasteiger partial charge in [-0.15, -0.1) is 0 Å². The summed E-state index contributed by atoms with van der Waals surface area (Å²) >= 11 is 6.01. The highest BCUT2D eigenvalue weighted by atomic mass is 35.5. The molecule has 0 radical (unpaired) electrons. The molecule has 0 saturated heterocycles. The number of aryl methyl sites for hydroxylation is 2. The van der Waals surface area contributed by atoms with E-state index in [2.05, 4.69) is 17.2 Å². The quantitative estimate of drug-likeness (QED) is 0.869. The van der Waals surface area contributed by atoms with E-state index in [0.29, 0.717) is 16.5 Å². The van der Waals surface area contributed by atoms with Crippen LogP contribution >= 0.6 is 11.6 Å². The van der Waals surface area contributed by atoms with Crippen LogP contribution in [0.15, 0.2) is 30.3 Å². The Hall–Kier alpha value is -2.07. The Morgan fingerprint density at radius 1 is 1.32 bits per heavy atom. The third-order valence-corrected chi connectivity index (χ3v) is 3.67. The summed E-state index contributed by atoms with van der Waals surface area (Å²) in [6.07, 6.45) is 0.858. The second-order valence-corrected chi connectivity index (χ2v) is 5.74. The fourth-order valence-corrected chi connectivity index (χ4v) is 2.44. The molecule has 0 saturated carbocycles. The van der Waals surface area contributed by atoms with Crippen LogP contribution in [0.2, 0.25) is 5.15 Å².